The van der Waals surface area contributed by atoms with E-state index >= 15 is 0 Å². The number of alkyl halides is 3. The molecule has 0 aromatic heterocycles. The number of hydrogen-bond acceptors (Lipinski definition) is 2. The summed E-state index contributed by atoms with van der Waals surface area (Å²) >= 11 is 0. The second-order valence-electron chi connectivity index (χ2n) is 5.42. The third-order valence-electron chi connectivity index (χ3n) is 3.33. The Morgan fingerprint density at radius 1 is 1.24 bits per heavy atom. The van der Waals surface area contributed by atoms with E-state index in [2.05, 4.69) is 4.90 Å². The molecule has 5 heteroatoms. The number of halogens is 3. The molecule has 1 heterocycles. The van der Waals surface area contributed by atoms with Crippen LogP contribution in [0.25, 0.3) is 0 Å². The maximum absolute atomic E-state index is 12.0. The summed E-state index contributed by atoms with van der Waals surface area (Å²) in [5.74, 6) is 0. The Kier molecular flexibility index (Phi) is 4.84. The van der Waals surface area contributed by atoms with Crippen LogP contribution in [0.3, 0.4) is 0 Å². The molecule has 0 aromatic rings. The number of rotatable bonds is 5. The molecule has 2 nitrogen and oxygen atoms in total. The minimum atomic E-state index is -4.04. The molecule has 1 fully saturated rings. The fourth-order valence-corrected chi connectivity index (χ4v) is 2.53. The van der Waals surface area contributed by atoms with Gasteiger partial charge in [-0.1, -0.05) is 0 Å². The number of hydrogen-bond donors (Lipinski definition) is 1. The van der Waals surface area contributed by atoms with Crippen molar-refractivity contribution in [2.24, 2.45) is 0 Å². The van der Waals surface area contributed by atoms with Gasteiger partial charge in [-0.25, -0.2) is 0 Å². The van der Waals surface area contributed by atoms with Crippen LogP contribution < -0.4 is 0 Å². The van der Waals surface area contributed by atoms with E-state index in [1.165, 1.54) is 0 Å². The van der Waals surface area contributed by atoms with E-state index in [4.69, 9.17) is 0 Å². The van der Waals surface area contributed by atoms with Crippen molar-refractivity contribution in [3.63, 3.8) is 0 Å². The summed E-state index contributed by atoms with van der Waals surface area (Å²) in [5, 5.41) is 9.95. The van der Waals surface area contributed by atoms with Gasteiger partial charge in [0.15, 0.2) is 0 Å². The Morgan fingerprint density at radius 2 is 1.88 bits per heavy atom. The van der Waals surface area contributed by atoms with Crippen LogP contribution in [0.4, 0.5) is 13.2 Å². The van der Waals surface area contributed by atoms with Crippen molar-refractivity contribution in [1.29, 1.82) is 0 Å². The molecule has 0 radical (unpaired) electrons. The first-order valence-electron chi connectivity index (χ1n) is 6.23. The van der Waals surface area contributed by atoms with Crippen LogP contribution in [0, 0.1) is 0 Å². The predicted octanol–water partition coefficient (Wildman–Crippen LogP) is 2.95. The molecular weight excluding hydrogens is 231 g/mol. The molecule has 1 unspecified atom stereocenters. The van der Waals surface area contributed by atoms with Crippen molar-refractivity contribution in [2.45, 2.75) is 63.8 Å². The highest BCUT2D eigenvalue weighted by Gasteiger charge is 2.35. The maximum atomic E-state index is 12.0. The maximum Gasteiger partial charge on any atom is 0.389 e. The number of nitrogens with zero attached hydrogens (tertiary/aromatic N) is 1. The van der Waals surface area contributed by atoms with Gasteiger partial charge in [0.25, 0.3) is 0 Å². The molecule has 0 aromatic carbocycles. The molecule has 1 rings (SSSR count). The highest BCUT2D eigenvalue weighted by Crippen LogP contribution is 2.28. The van der Waals surface area contributed by atoms with Gasteiger partial charge in [-0.15, -0.1) is 0 Å². The Balaban J connectivity index is 2.27. The molecule has 1 N–H and O–H groups in total. The monoisotopic (exact) mass is 253 g/mol. The topological polar surface area (TPSA) is 23.5 Å². The molecule has 0 aliphatic carbocycles. The van der Waals surface area contributed by atoms with E-state index in [0.29, 0.717) is 13.0 Å². The summed E-state index contributed by atoms with van der Waals surface area (Å²) in [4.78, 5) is 2.12. The Morgan fingerprint density at radius 3 is 2.41 bits per heavy atom. The lowest BCUT2D eigenvalue weighted by Gasteiger charge is -2.33. The average molecular weight is 253 g/mol. The zero-order valence-corrected chi connectivity index (χ0v) is 10.6. The van der Waals surface area contributed by atoms with Crippen LogP contribution in [-0.2, 0) is 0 Å². The summed E-state index contributed by atoms with van der Waals surface area (Å²) in [5.41, 5.74) is -0.763. The first-order chi connectivity index (χ1) is 7.70. The third-order valence-corrected chi connectivity index (χ3v) is 3.33. The predicted molar refractivity (Wildman–Crippen MR) is 60.8 cm³/mol. The summed E-state index contributed by atoms with van der Waals surface area (Å²) in [6.45, 7) is 5.09. The molecule has 17 heavy (non-hydrogen) atoms. The Hall–Kier alpha value is -0.290. The van der Waals surface area contributed by atoms with Crippen LogP contribution >= 0.6 is 0 Å². The van der Waals surface area contributed by atoms with Gasteiger partial charge in [0, 0.05) is 12.5 Å². The van der Waals surface area contributed by atoms with Gasteiger partial charge in [0.05, 0.1) is 5.60 Å². The zero-order chi connectivity index (χ0) is 13.1. The molecule has 1 saturated heterocycles. The quantitative estimate of drug-likeness (QED) is 0.761. The van der Waals surface area contributed by atoms with Gasteiger partial charge < -0.3 is 5.11 Å². The van der Waals surface area contributed by atoms with Gasteiger partial charge >= 0.3 is 6.18 Å². The summed E-state index contributed by atoms with van der Waals surface area (Å²) in [7, 11) is 0. The van der Waals surface area contributed by atoms with Gasteiger partial charge in [-0.3, -0.25) is 4.90 Å². The van der Waals surface area contributed by atoms with Crippen LogP contribution in [0.15, 0.2) is 0 Å². The molecule has 0 bridgehead atoms. The first kappa shape index (κ1) is 14.8. The van der Waals surface area contributed by atoms with Crippen LogP contribution in [0.5, 0.6) is 0 Å². The number of likely N-dealkylation sites (tertiary alicyclic amines) is 1. The molecule has 0 spiro atoms. The lowest BCUT2D eigenvalue weighted by Crippen LogP contribution is -2.45. The van der Waals surface area contributed by atoms with E-state index < -0.39 is 18.2 Å². The minimum Gasteiger partial charge on any atom is -0.389 e. The standard InChI is InChI=1S/C12H22F3NO/c1-11(2,17)10-6-5-9-16(10)8-4-3-7-12(13,14)15/h10,17H,3-9H2,1-2H3. The molecule has 1 aliphatic heterocycles. The molecular formula is C12H22F3NO. The van der Waals surface area contributed by atoms with Crippen molar-refractivity contribution >= 4 is 0 Å². The molecule has 1 aliphatic rings. The second kappa shape index (κ2) is 5.57. The first-order valence-corrected chi connectivity index (χ1v) is 6.23. The van der Waals surface area contributed by atoms with Gasteiger partial charge in [0.2, 0.25) is 0 Å². The van der Waals surface area contributed by atoms with Crippen molar-refractivity contribution < 1.29 is 18.3 Å². The van der Waals surface area contributed by atoms with Gasteiger partial charge in [0.1, 0.15) is 0 Å². The summed E-state index contributed by atoms with van der Waals surface area (Å²) < 4.78 is 35.9. The Bertz CT molecular complexity index is 235. The van der Waals surface area contributed by atoms with E-state index in [9.17, 15) is 18.3 Å². The second-order valence-corrected chi connectivity index (χ2v) is 5.42. The lowest BCUT2D eigenvalue weighted by molar-refractivity contribution is -0.135. The molecule has 0 amide bonds. The fourth-order valence-electron chi connectivity index (χ4n) is 2.53. The van der Waals surface area contributed by atoms with E-state index in [1.54, 1.807) is 13.8 Å². The summed E-state index contributed by atoms with van der Waals surface area (Å²) in [6, 6.07) is 0.0911. The van der Waals surface area contributed by atoms with Crippen molar-refractivity contribution in [3.8, 4) is 0 Å². The third kappa shape index (κ3) is 5.25. The van der Waals surface area contributed by atoms with Gasteiger partial charge in [-0.2, -0.15) is 13.2 Å². The molecule has 1 atom stereocenters. The minimum absolute atomic E-state index is 0.0911. The van der Waals surface area contributed by atoms with E-state index in [-0.39, 0.29) is 12.5 Å². The highest BCUT2D eigenvalue weighted by molar-refractivity contribution is 4.90. The van der Waals surface area contributed by atoms with Crippen LogP contribution in [-0.4, -0.2) is 40.9 Å². The van der Waals surface area contributed by atoms with Crippen molar-refractivity contribution in [1.82, 2.24) is 4.90 Å². The Labute approximate surface area is 101 Å². The molecule has 0 saturated carbocycles. The van der Waals surface area contributed by atoms with Crippen LogP contribution in [0.2, 0.25) is 0 Å². The average Bonchev–Trinajstić information content (AvgIpc) is 2.58. The van der Waals surface area contributed by atoms with E-state index in [1.807, 2.05) is 0 Å². The normalized spacial score (nSPS) is 23.3. The van der Waals surface area contributed by atoms with Gasteiger partial charge in [-0.05, 0) is 52.6 Å². The SMILES string of the molecule is CC(C)(O)C1CCCN1CCCCC(F)(F)F. The lowest BCUT2D eigenvalue weighted by atomic mass is 9.96. The van der Waals surface area contributed by atoms with Crippen LogP contribution in [0.1, 0.15) is 46.0 Å². The summed E-state index contributed by atoms with van der Waals surface area (Å²) in [6.07, 6.45) is -2.06. The van der Waals surface area contributed by atoms with Crippen molar-refractivity contribution in [3.05, 3.63) is 0 Å². The van der Waals surface area contributed by atoms with E-state index in [0.717, 1.165) is 19.4 Å². The number of aliphatic hydroxyl groups is 1. The number of unbranched alkanes of at least 4 members (excludes halogenated alkanes) is 1. The largest absolute Gasteiger partial charge is 0.389 e. The highest BCUT2D eigenvalue weighted by atomic mass is 19.4. The van der Waals surface area contributed by atoms with Crippen molar-refractivity contribution in [2.75, 3.05) is 13.1 Å². The molecule has 102 valence electrons. The fraction of sp³-hybridized carbons (Fsp3) is 1.00. The smallest absolute Gasteiger partial charge is 0.389 e. The zero-order valence-electron chi connectivity index (χ0n) is 10.6.